The summed E-state index contributed by atoms with van der Waals surface area (Å²) in [6.45, 7) is 3.28. The first kappa shape index (κ1) is 24.8. The highest BCUT2D eigenvalue weighted by Gasteiger charge is 2.46. The van der Waals surface area contributed by atoms with Crippen LogP contribution in [0.25, 0.3) is 0 Å². The Hall–Kier alpha value is -3.93. The molecule has 0 saturated carbocycles. The second kappa shape index (κ2) is 11.9. The Bertz CT molecular complexity index is 1260. The van der Waals surface area contributed by atoms with Gasteiger partial charge in [-0.1, -0.05) is 103 Å². The highest BCUT2D eigenvalue weighted by molar-refractivity contribution is 5.84. The molecular weight excluding hydrogens is 460 g/mol. The molecule has 37 heavy (non-hydrogen) atoms. The molecule has 0 aromatic heterocycles. The molecular formula is C32H32N2O3. The monoisotopic (exact) mass is 492 g/mol. The minimum absolute atomic E-state index is 0.211. The lowest BCUT2D eigenvalue weighted by atomic mass is 9.78. The molecule has 1 fully saturated rings. The van der Waals surface area contributed by atoms with Crippen molar-refractivity contribution in [3.63, 3.8) is 0 Å². The van der Waals surface area contributed by atoms with E-state index in [0.717, 1.165) is 25.1 Å². The zero-order chi connectivity index (χ0) is 25.3. The summed E-state index contributed by atoms with van der Waals surface area (Å²) < 4.78 is 11.6. The van der Waals surface area contributed by atoms with Crippen molar-refractivity contribution >= 4 is 11.8 Å². The Morgan fingerprint density at radius 3 is 1.86 bits per heavy atom. The van der Waals surface area contributed by atoms with E-state index in [9.17, 15) is 4.79 Å². The molecule has 5 heteroatoms. The summed E-state index contributed by atoms with van der Waals surface area (Å²) in [5.41, 5.74) is 5.09. The predicted octanol–water partition coefficient (Wildman–Crippen LogP) is 6.75. The summed E-state index contributed by atoms with van der Waals surface area (Å²) in [5, 5.41) is 2.84. The summed E-state index contributed by atoms with van der Waals surface area (Å²) in [4.78, 5) is 14.8. The van der Waals surface area contributed by atoms with E-state index in [1.54, 1.807) is 0 Å². The second-order valence-electron chi connectivity index (χ2n) is 9.43. The summed E-state index contributed by atoms with van der Waals surface area (Å²) >= 11 is 0. The van der Waals surface area contributed by atoms with Crippen LogP contribution in [0.2, 0.25) is 0 Å². The minimum atomic E-state index is -0.466. The first-order chi connectivity index (χ1) is 18.2. The molecule has 1 aliphatic heterocycles. The maximum Gasteiger partial charge on any atom is 0.411 e. The Labute approximate surface area is 218 Å². The van der Waals surface area contributed by atoms with Gasteiger partial charge in [0.2, 0.25) is 0 Å². The number of hydrogen-bond acceptors (Lipinski definition) is 4. The van der Waals surface area contributed by atoms with Crippen molar-refractivity contribution in [2.45, 2.75) is 31.7 Å². The van der Waals surface area contributed by atoms with Crippen LogP contribution in [0.5, 0.6) is 0 Å². The number of anilines is 1. The summed E-state index contributed by atoms with van der Waals surface area (Å²) in [7, 11) is 0. The van der Waals surface area contributed by atoms with E-state index in [1.165, 1.54) is 16.7 Å². The number of benzene rings is 4. The zero-order valence-electron chi connectivity index (χ0n) is 20.9. The van der Waals surface area contributed by atoms with Crippen LogP contribution in [0.15, 0.2) is 115 Å². The van der Waals surface area contributed by atoms with Gasteiger partial charge in [0, 0.05) is 18.8 Å². The van der Waals surface area contributed by atoms with Crippen molar-refractivity contribution in [3.05, 3.63) is 138 Å². The van der Waals surface area contributed by atoms with E-state index in [-0.39, 0.29) is 12.1 Å². The number of nitrogens with one attached hydrogen (secondary N) is 1. The van der Waals surface area contributed by atoms with Crippen LogP contribution in [0.1, 0.15) is 28.7 Å². The second-order valence-corrected chi connectivity index (χ2v) is 9.43. The van der Waals surface area contributed by atoms with Crippen LogP contribution >= 0.6 is 0 Å². The van der Waals surface area contributed by atoms with Gasteiger partial charge in [0.05, 0.1) is 18.8 Å². The normalized spacial score (nSPS) is 17.1. The molecule has 1 heterocycles. The van der Waals surface area contributed by atoms with Crippen LogP contribution in [0.3, 0.4) is 0 Å². The molecule has 1 saturated heterocycles. The van der Waals surface area contributed by atoms with E-state index >= 15 is 0 Å². The molecule has 5 rings (SSSR count). The smallest absolute Gasteiger partial charge is 0.411 e. The first-order valence-electron chi connectivity index (χ1n) is 12.7. The van der Waals surface area contributed by atoms with Crippen molar-refractivity contribution < 1.29 is 14.3 Å². The average Bonchev–Trinajstić information content (AvgIpc) is 2.95. The number of nitrogens with zero attached hydrogens (tertiary/aromatic N) is 1. The van der Waals surface area contributed by atoms with Crippen molar-refractivity contribution in [1.82, 2.24) is 4.90 Å². The molecule has 0 aliphatic carbocycles. The van der Waals surface area contributed by atoms with Gasteiger partial charge in [0.15, 0.2) is 0 Å². The van der Waals surface area contributed by atoms with Gasteiger partial charge in [-0.25, -0.2) is 4.79 Å². The van der Waals surface area contributed by atoms with Gasteiger partial charge in [0.25, 0.3) is 0 Å². The third kappa shape index (κ3) is 6.26. The molecule has 1 unspecified atom stereocenters. The molecule has 1 atom stereocenters. The third-order valence-corrected chi connectivity index (χ3v) is 6.95. The van der Waals surface area contributed by atoms with Gasteiger partial charge in [-0.05, 0) is 40.8 Å². The topological polar surface area (TPSA) is 50.8 Å². The average molecular weight is 493 g/mol. The van der Waals surface area contributed by atoms with Gasteiger partial charge in [0.1, 0.15) is 6.61 Å². The fourth-order valence-electron chi connectivity index (χ4n) is 4.80. The predicted molar refractivity (Wildman–Crippen MR) is 146 cm³/mol. The highest BCUT2D eigenvalue weighted by atomic mass is 16.5. The molecule has 1 N–H and O–H groups in total. The fourth-order valence-corrected chi connectivity index (χ4v) is 4.80. The van der Waals surface area contributed by atoms with Gasteiger partial charge < -0.3 is 9.47 Å². The lowest BCUT2D eigenvalue weighted by Gasteiger charge is -2.53. The number of likely N-dealkylation sites (tertiary alicyclic amines) is 1. The SMILES string of the molecule is O=C(Nc1ccc(C2(COCc3ccccc3)CCN2Cc2ccccc2)cc1)OCc1ccccc1. The first-order valence-corrected chi connectivity index (χ1v) is 12.7. The van der Waals surface area contributed by atoms with Crippen molar-refractivity contribution in [1.29, 1.82) is 0 Å². The minimum Gasteiger partial charge on any atom is -0.444 e. The van der Waals surface area contributed by atoms with E-state index in [0.29, 0.717) is 18.9 Å². The largest absolute Gasteiger partial charge is 0.444 e. The Morgan fingerprint density at radius 2 is 1.30 bits per heavy atom. The molecule has 0 radical (unpaired) electrons. The number of rotatable bonds is 10. The Morgan fingerprint density at radius 1 is 0.730 bits per heavy atom. The van der Waals surface area contributed by atoms with Crippen LogP contribution in [0, 0.1) is 0 Å². The molecule has 0 spiro atoms. The molecule has 1 aliphatic rings. The lowest BCUT2D eigenvalue weighted by molar-refractivity contribution is -0.0906. The molecule has 0 bridgehead atoms. The van der Waals surface area contributed by atoms with Gasteiger partial charge in [-0.2, -0.15) is 0 Å². The van der Waals surface area contributed by atoms with E-state index < -0.39 is 6.09 Å². The molecule has 1 amide bonds. The summed E-state index contributed by atoms with van der Waals surface area (Å²) in [6, 6.07) is 38.6. The van der Waals surface area contributed by atoms with Gasteiger partial charge in [-0.15, -0.1) is 0 Å². The summed E-state index contributed by atoms with van der Waals surface area (Å²) in [6.07, 6.45) is 0.549. The quantitative estimate of drug-likeness (QED) is 0.266. The van der Waals surface area contributed by atoms with Gasteiger partial charge in [-0.3, -0.25) is 10.2 Å². The summed E-state index contributed by atoms with van der Waals surface area (Å²) in [5.74, 6) is 0. The number of amides is 1. The maximum absolute atomic E-state index is 12.3. The molecule has 4 aromatic rings. The van der Waals surface area contributed by atoms with E-state index in [2.05, 4.69) is 58.7 Å². The number of carbonyl (C=O) groups is 1. The fraction of sp³-hybridized carbons (Fsp3) is 0.219. The number of carbonyl (C=O) groups excluding carboxylic acids is 1. The van der Waals surface area contributed by atoms with Crippen molar-refractivity contribution in [3.8, 4) is 0 Å². The maximum atomic E-state index is 12.3. The van der Waals surface area contributed by atoms with E-state index in [4.69, 9.17) is 9.47 Å². The van der Waals surface area contributed by atoms with Crippen molar-refractivity contribution in [2.24, 2.45) is 0 Å². The number of hydrogen-bond donors (Lipinski definition) is 1. The standard InChI is InChI=1S/C32H32N2O3/c35-31(37-24-28-14-8-3-9-15-28)33-30-18-16-29(17-19-30)32(25-36-23-27-12-6-2-7-13-27)20-21-34(32)22-26-10-4-1-5-11-26/h1-19H,20-25H2,(H,33,35). The van der Waals surface area contributed by atoms with Crippen molar-refractivity contribution in [2.75, 3.05) is 18.5 Å². The Kier molecular flexibility index (Phi) is 7.94. The van der Waals surface area contributed by atoms with Gasteiger partial charge >= 0.3 is 6.09 Å². The molecule has 5 nitrogen and oxygen atoms in total. The number of ether oxygens (including phenoxy) is 2. The van der Waals surface area contributed by atoms with Crippen LogP contribution in [-0.4, -0.2) is 24.1 Å². The molecule has 188 valence electrons. The lowest BCUT2D eigenvalue weighted by Crippen LogP contribution is -2.59. The van der Waals surface area contributed by atoms with Crippen LogP contribution in [-0.2, 0) is 34.8 Å². The molecule has 4 aromatic carbocycles. The zero-order valence-corrected chi connectivity index (χ0v) is 20.9. The van der Waals surface area contributed by atoms with E-state index in [1.807, 2.05) is 66.7 Å². The third-order valence-electron chi connectivity index (χ3n) is 6.95. The highest BCUT2D eigenvalue weighted by Crippen LogP contribution is 2.42. The van der Waals surface area contributed by atoms with Crippen LogP contribution in [0.4, 0.5) is 10.5 Å². The Balaban J connectivity index is 1.26. The van der Waals surface area contributed by atoms with Crippen LogP contribution < -0.4 is 5.32 Å².